The van der Waals surface area contributed by atoms with E-state index in [9.17, 15) is 9.18 Å². The molecule has 5 heteroatoms. The molecule has 1 aromatic heterocycles. The third kappa shape index (κ3) is 1.28. The molecule has 0 aliphatic carbocycles. The lowest BCUT2D eigenvalue weighted by atomic mass is 10.1. The summed E-state index contributed by atoms with van der Waals surface area (Å²) >= 11 is 3.13. The maximum atomic E-state index is 13.3. The minimum Gasteiger partial charge on any atom is -0.358 e. The van der Waals surface area contributed by atoms with Crippen LogP contribution in [0.2, 0.25) is 0 Å². The molecule has 0 saturated carbocycles. The summed E-state index contributed by atoms with van der Waals surface area (Å²) in [6.45, 7) is 0.627. The third-order valence-corrected chi connectivity index (χ3v) is 3.41. The van der Waals surface area contributed by atoms with E-state index in [1.54, 1.807) is 6.07 Å². The van der Waals surface area contributed by atoms with Gasteiger partial charge >= 0.3 is 0 Å². The molecule has 0 unspecified atom stereocenters. The topological polar surface area (TPSA) is 44.9 Å². The van der Waals surface area contributed by atoms with Gasteiger partial charge in [-0.2, -0.15) is 0 Å². The Bertz CT molecular complexity index is 606. The first kappa shape index (κ1) is 9.84. The molecule has 1 aliphatic rings. The number of H-pyrrole nitrogens is 1. The second-order valence-electron chi connectivity index (χ2n) is 3.80. The molecule has 0 saturated heterocycles. The molecule has 1 amide bonds. The Morgan fingerprint density at radius 1 is 1.38 bits per heavy atom. The number of amides is 1. The second-order valence-corrected chi connectivity index (χ2v) is 4.65. The number of aromatic amines is 1. The van der Waals surface area contributed by atoms with Crippen LogP contribution in [0, 0.1) is 5.82 Å². The largest absolute Gasteiger partial charge is 0.358 e. The highest BCUT2D eigenvalue weighted by Crippen LogP contribution is 2.29. The van der Waals surface area contributed by atoms with Crippen molar-refractivity contribution in [3.05, 3.63) is 33.7 Å². The van der Waals surface area contributed by atoms with Gasteiger partial charge in [0.05, 0.1) is 10.0 Å². The maximum absolute atomic E-state index is 13.3. The van der Waals surface area contributed by atoms with E-state index >= 15 is 0 Å². The molecular weight excluding hydrogens is 275 g/mol. The van der Waals surface area contributed by atoms with E-state index in [1.807, 2.05) is 0 Å². The number of rotatable bonds is 0. The fourth-order valence-electron chi connectivity index (χ4n) is 2.08. The smallest absolute Gasteiger partial charge is 0.253 e. The SMILES string of the molecule is O=C1NCCc2[nH]c3cc(F)c(Br)cc3c21. The van der Waals surface area contributed by atoms with Crippen molar-refractivity contribution in [2.75, 3.05) is 6.54 Å². The molecule has 0 fully saturated rings. The van der Waals surface area contributed by atoms with Crippen molar-refractivity contribution in [1.82, 2.24) is 10.3 Å². The Kier molecular flexibility index (Phi) is 2.04. The zero-order valence-electron chi connectivity index (χ0n) is 8.23. The molecule has 0 atom stereocenters. The average molecular weight is 283 g/mol. The minimum absolute atomic E-state index is 0.0917. The van der Waals surface area contributed by atoms with E-state index in [1.165, 1.54) is 6.07 Å². The summed E-state index contributed by atoms with van der Waals surface area (Å²) in [5.41, 5.74) is 2.20. The summed E-state index contributed by atoms with van der Waals surface area (Å²) in [5, 5.41) is 3.55. The number of benzene rings is 1. The van der Waals surface area contributed by atoms with E-state index in [4.69, 9.17) is 0 Å². The first-order valence-electron chi connectivity index (χ1n) is 4.94. The predicted octanol–water partition coefficient (Wildman–Crippen LogP) is 2.36. The number of fused-ring (bicyclic) bond motifs is 3. The number of hydrogen-bond donors (Lipinski definition) is 2. The maximum Gasteiger partial charge on any atom is 0.253 e. The van der Waals surface area contributed by atoms with Gasteiger partial charge in [0.25, 0.3) is 5.91 Å². The van der Waals surface area contributed by atoms with Gasteiger partial charge in [-0.25, -0.2) is 4.39 Å². The molecule has 1 aromatic carbocycles. The molecule has 0 bridgehead atoms. The summed E-state index contributed by atoms with van der Waals surface area (Å²) in [6.07, 6.45) is 0.759. The number of halogens is 2. The molecular formula is C11H8BrFN2O. The van der Waals surface area contributed by atoms with Gasteiger partial charge in [-0.3, -0.25) is 4.79 Å². The van der Waals surface area contributed by atoms with Crippen LogP contribution in [0.3, 0.4) is 0 Å². The lowest BCUT2D eigenvalue weighted by Gasteiger charge is -2.11. The van der Waals surface area contributed by atoms with E-state index in [0.29, 0.717) is 22.1 Å². The Labute approximate surface area is 99.2 Å². The summed E-state index contributed by atoms with van der Waals surface area (Å²) in [4.78, 5) is 14.8. The molecule has 0 radical (unpaired) electrons. The third-order valence-electron chi connectivity index (χ3n) is 2.80. The monoisotopic (exact) mass is 282 g/mol. The molecule has 2 heterocycles. The number of aromatic nitrogens is 1. The Balaban J connectivity index is 2.38. The highest BCUT2D eigenvalue weighted by Gasteiger charge is 2.22. The van der Waals surface area contributed by atoms with Gasteiger partial charge in [-0.05, 0) is 28.1 Å². The minimum atomic E-state index is -0.327. The van der Waals surface area contributed by atoms with Gasteiger partial charge in [-0.1, -0.05) is 0 Å². The van der Waals surface area contributed by atoms with Gasteiger partial charge in [0.15, 0.2) is 0 Å². The van der Waals surface area contributed by atoms with Crippen molar-refractivity contribution in [1.29, 1.82) is 0 Å². The summed E-state index contributed by atoms with van der Waals surface area (Å²) in [5.74, 6) is -0.419. The van der Waals surface area contributed by atoms with Gasteiger partial charge < -0.3 is 10.3 Å². The molecule has 3 rings (SSSR count). The predicted molar refractivity (Wildman–Crippen MR) is 62.0 cm³/mol. The van der Waals surface area contributed by atoms with Crippen molar-refractivity contribution in [2.24, 2.45) is 0 Å². The number of carbonyl (C=O) groups excluding carboxylic acids is 1. The van der Waals surface area contributed by atoms with Gasteiger partial charge in [-0.15, -0.1) is 0 Å². The number of nitrogens with one attached hydrogen (secondary N) is 2. The summed E-state index contributed by atoms with van der Waals surface area (Å²) in [6, 6.07) is 3.05. The van der Waals surface area contributed by atoms with Crippen LogP contribution in [0.4, 0.5) is 4.39 Å². The fourth-order valence-corrected chi connectivity index (χ4v) is 2.42. The fraction of sp³-hybridized carbons (Fsp3) is 0.182. The van der Waals surface area contributed by atoms with Gasteiger partial charge in [0.2, 0.25) is 0 Å². The quantitative estimate of drug-likeness (QED) is 0.766. The van der Waals surface area contributed by atoms with E-state index in [0.717, 1.165) is 17.5 Å². The van der Waals surface area contributed by atoms with Crippen LogP contribution in [0.5, 0.6) is 0 Å². The lowest BCUT2D eigenvalue weighted by Crippen LogP contribution is -2.31. The van der Waals surface area contributed by atoms with Crippen molar-refractivity contribution >= 4 is 32.7 Å². The van der Waals surface area contributed by atoms with Crippen LogP contribution >= 0.6 is 15.9 Å². The van der Waals surface area contributed by atoms with Crippen molar-refractivity contribution in [3.8, 4) is 0 Å². The zero-order valence-corrected chi connectivity index (χ0v) is 9.82. The van der Waals surface area contributed by atoms with Crippen LogP contribution in [0.15, 0.2) is 16.6 Å². The molecule has 82 valence electrons. The Morgan fingerprint density at radius 3 is 3.00 bits per heavy atom. The zero-order chi connectivity index (χ0) is 11.3. The van der Waals surface area contributed by atoms with Crippen molar-refractivity contribution in [3.63, 3.8) is 0 Å². The van der Waals surface area contributed by atoms with Gasteiger partial charge in [0, 0.05) is 29.6 Å². The standard InChI is InChI=1S/C11H8BrFN2O/c12-6-3-5-9(4-7(6)13)15-8-1-2-14-11(16)10(5)8/h3-4,15H,1-2H2,(H,14,16). The van der Waals surface area contributed by atoms with Crippen LogP contribution in [0.1, 0.15) is 16.1 Å². The first-order valence-corrected chi connectivity index (χ1v) is 5.74. The average Bonchev–Trinajstić information content (AvgIpc) is 2.58. The number of carbonyl (C=O) groups is 1. The molecule has 3 nitrogen and oxygen atoms in total. The lowest BCUT2D eigenvalue weighted by molar-refractivity contribution is 0.0947. The van der Waals surface area contributed by atoms with Crippen LogP contribution in [-0.4, -0.2) is 17.4 Å². The number of hydrogen-bond acceptors (Lipinski definition) is 1. The molecule has 2 aromatic rings. The van der Waals surface area contributed by atoms with Crippen LogP contribution < -0.4 is 5.32 Å². The van der Waals surface area contributed by atoms with E-state index < -0.39 is 0 Å². The van der Waals surface area contributed by atoms with Crippen molar-refractivity contribution in [2.45, 2.75) is 6.42 Å². The molecule has 0 spiro atoms. The van der Waals surface area contributed by atoms with Gasteiger partial charge in [0.1, 0.15) is 5.82 Å². The molecule has 2 N–H and O–H groups in total. The van der Waals surface area contributed by atoms with Crippen molar-refractivity contribution < 1.29 is 9.18 Å². The van der Waals surface area contributed by atoms with E-state index in [-0.39, 0.29) is 11.7 Å². The summed E-state index contributed by atoms with van der Waals surface area (Å²) < 4.78 is 13.7. The highest BCUT2D eigenvalue weighted by molar-refractivity contribution is 9.10. The van der Waals surface area contributed by atoms with Crippen LogP contribution in [-0.2, 0) is 6.42 Å². The highest BCUT2D eigenvalue weighted by atomic mass is 79.9. The van der Waals surface area contributed by atoms with E-state index in [2.05, 4.69) is 26.2 Å². The summed E-state index contributed by atoms with van der Waals surface area (Å²) in [7, 11) is 0. The second kappa shape index (κ2) is 3.31. The Hall–Kier alpha value is -1.36. The first-order chi connectivity index (χ1) is 7.66. The Morgan fingerprint density at radius 2 is 2.19 bits per heavy atom. The van der Waals surface area contributed by atoms with Crippen LogP contribution in [0.25, 0.3) is 10.9 Å². The normalized spacial score (nSPS) is 15.0. The molecule has 1 aliphatic heterocycles. The molecule has 16 heavy (non-hydrogen) atoms.